The maximum absolute atomic E-state index is 13.9. The predicted molar refractivity (Wildman–Crippen MR) is 129 cm³/mol. The first-order valence-corrected chi connectivity index (χ1v) is 11.7. The number of anilines is 1. The molecule has 188 valence electrons. The summed E-state index contributed by atoms with van der Waals surface area (Å²) in [6, 6.07) is 0.835. The van der Waals surface area contributed by atoms with E-state index in [0.29, 0.717) is 17.5 Å². The summed E-state index contributed by atoms with van der Waals surface area (Å²) in [5, 5.41) is 45.0. The number of hydrogen-bond acceptors (Lipinski definition) is 9. The fourth-order valence-corrected chi connectivity index (χ4v) is 6.12. The van der Waals surface area contributed by atoms with Crippen LogP contribution < -0.4 is 4.90 Å². The second-order valence-electron chi connectivity index (χ2n) is 10.2. The van der Waals surface area contributed by atoms with Gasteiger partial charge in [-0.05, 0) is 63.4 Å². The van der Waals surface area contributed by atoms with E-state index in [4.69, 9.17) is 0 Å². The largest absolute Gasteiger partial charge is 0.508 e. The second kappa shape index (κ2) is 8.20. The van der Waals surface area contributed by atoms with Crippen LogP contribution in [0.4, 0.5) is 5.69 Å². The van der Waals surface area contributed by atoms with Gasteiger partial charge in [-0.3, -0.25) is 19.3 Å². The number of aliphatic hydroxyl groups is 3. The van der Waals surface area contributed by atoms with Gasteiger partial charge in [0, 0.05) is 31.3 Å². The molecule has 0 heterocycles. The van der Waals surface area contributed by atoms with Crippen molar-refractivity contribution < 1.29 is 34.8 Å². The summed E-state index contributed by atoms with van der Waals surface area (Å²) in [5.41, 5.74) is -1.07. The van der Waals surface area contributed by atoms with Gasteiger partial charge in [-0.2, -0.15) is 0 Å². The zero-order valence-electron chi connectivity index (χ0n) is 20.8. The Hall–Kier alpha value is -3.17. The number of phenols is 1. The van der Waals surface area contributed by atoms with Crippen molar-refractivity contribution >= 4 is 28.8 Å². The van der Waals surface area contributed by atoms with Crippen LogP contribution in [0.5, 0.6) is 5.75 Å². The molecule has 1 fully saturated rings. The molecule has 3 aliphatic carbocycles. The molecule has 4 atom stereocenters. The standard InChI is InChI=1S/C26H32N2O7/c1-7-12-10-16(27(3)4)14-8-13-9-15-20(28(5)6)23(32)17(11(2)29)24(33)26(15,35)25(34)18(13)22(31)19(14)21(12)30/h10,13,15,20,30-31,33,35H,7-9H2,1-6H3/t13-,15-,20?,26+/m0/s1. The summed E-state index contributed by atoms with van der Waals surface area (Å²) in [4.78, 5) is 42.7. The van der Waals surface area contributed by atoms with Gasteiger partial charge >= 0.3 is 0 Å². The molecule has 0 radical (unpaired) electrons. The zero-order valence-corrected chi connectivity index (χ0v) is 20.8. The Morgan fingerprint density at radius 3 is 2.29 bits per heavy atom. The Labute approximate surface area is 204 Å². The Morgan fingerprint density at radius 1 is 1.14 bits per heavy atom. The minimum atomic E-state index is -2.55. The maximum atomic E-state index is 13.9. The lowest BCUT2D eigenvalue weighted by Gasteiger charge is -2.50. The first-order chi connectivity index (χ1) is 16.3. The lowest BCUT2D eigenvalue weighted by Crippen LogP contribution is -2.65. The minimum Gasteiger partial charge on any atom is -0.508 e. The third kappa shape index (κ3) is 3.25. The van der Waals surface area contributed by atoms with E-state index >= 15 is 0 Å². The normalized spacial score (nSPS) is 28.2. The van der Waals surface area contributed by atoms with E-state index in [9.17, 15) is 34.8 Å². The molecular weight excluding hydrogens is 452 g/mol. The van der Waals surface area contributed by atoms with Crippen LogP contribution in [-0.4, -0.2) is 82.5 Å². The van der Waals surface area contributed by atoms with Gasteiger partial charge in [0.15, 0.2) is 17.2 Å². The number of likely N-dealkylation sites (N-methyl/N-ethyl adjacent to an activating group) is 1. The fourth-order valence-electron chi connectivity index (χ4n) is 6.12. The number of Topliss-reactive ketones (excluding diaryl/α,β-unsaturated/α-hetero) is 3. The Kier molecular flexibility index (Phi) is 5.84. The van der Waals surface area contributed by atoms with Gasteiger partial charge in [0.05, 0.1) is 11.6 Å². The van der Waals surface area contributed by atoms with Crippen LogP contribution in [0, 0.1) is 11.8 Å². The summed E-state index contributed by atoms with van der Waals surface area (Å²) in [6.45, 7) is 2.96. The van der Waals surface area contributed by atoms with Gasteiger partial charge < -0.3 is 25.3 Å². The molecule has 1 unspecified atom stereocenters. The summed E-state index contributed by atoms with van der Waals surface area (Å²) >= 11 is 0. The fraction of sp³-hybridized carbons (Fsp3) is 0.500. The number of ketones is 3. The monoisotopic (exact) mass is 484 g/mol. The van der Waals surface area contributed by atoms with Gasteiger partial charge in [0.25, 0.3) is 0 Å². The van der Waals surface area contributed by atoms with Crippen molar-refractivity contribution in [1.82, 2.24) is 4.90 Å². The highest BCUT2D eigenvalue weighted by molar-refractivity contribution is 6.25. The second-order valence-corrected chi connectivity index (χ2v) is 10.2. The summed E-state index contributed by atoms with van der Waals surface area (Å²) in [7, 11) is 6.92. The molecular formula is C26H32N2O7. The van der Waals surface area contributed by atoms with Crippen LogP contribution in [0.1, 0.15) is 37.0 Å². The van der Waals surface area contributed by atoms with E-state index in [1.54, 1.807) is 14.1 Å². The summed E-state index contributed by atoms with van der Waals surface area (Å²) in [6.07, 6.45) is 0.884. The summed E-state index contributed by atoms with van der Waals surface area (Å²) < 4.78 is 0. The first-order valence-electron chi connectivity index (χ1n) is 11.7. The van der Waals surface area contributed by atoms with Gasteiger partial charge in [-0.25, -0.2) is 0 Å². The number of benzene rings is 1. The highest BCUT2D eigenvalue weighted by Crippen LogP contribution is 2.54. The van der Waals surface area contributed by atoms with Crippen LogP contribution in [0.25, 0.3) is 5.76 Å². The van der Waals surface area contributed by atoms with E-state index in [2.05, 4.69) is 0 Å². The number of aryl methyl sites for hydroxylation is 1. The molecule has 0 aromatic heterocycles. The molecule has 3 aliphatic rings. The molecule has 0 bridgehead atoms. The van der Waals surface area contributed by atoms with Crippen molar-refractivity contribution in [2.75, 3.05) is 33.1 Å². The molecule has 4 N–H and O–H groups in total. The zero-order chi connectivity index (χ0) is 26.1. The van der Waals surface area contributed by atoms with Crippen LogP contribution >= 0.6 is 0 Å². The number of phenolic OH excluding ortho intramolecular Hbond substituents is 1. The van der Waals surface area contributed by atoms with Crippen molar-refractivity contribution in [3.05, 3.63) is 39.7 Å². The van der Waals surface area contributed by atoms with Gasteiger partial charge in [-0.15, -0.1) is 0 Å². The van der Waals surface area contributed by atoms with Crippen molar-refractivity contribution in [3.63, 3.8) is 0 Å². The Balaban J connectivity index is 2.01. The third-order valence-corrected chi connectivity index (χ3v) is 7.74. The number of carbonyl (C=O) groups is 3. The molecule has 1 aromatic rings. The van der Waals surface area contributed by atoms with E-state index in [-0.39, 0.29) is 29.7 Å². The molecule has 1 aromatic carbocycles. The van der Waals surface area contributed by atoms with Crippen molar-refractivity contribution in [1.29, 1.82) is 0 Å². The molecule has 4 rings (SSSR count). The molecule has 9 heteroatoms. The van der Waals surface area contributed by atoms with E-state index in [1.807, 2.05) is 32.0 Å². The quantitative estimate of drug-likeness (QED) is 0.470. The Bertz CT molecular complexity index is 1230. The van der Waals surface area contributed by atoms with Crippen LogP contribution in [0.3, 0.4) is 0 Å². The SMILES string of the molecule is CCc1cc(N(C)C)c2c(c1O)C(O)=C1C(=O)[C@]3(O)C(O)=C(C(C)=O)C(=O)C(N(C)C)[C@@H]3C[C@@H]1C2. The lowest BCUT2D eigenvalue weighted by atomic mass is 9.57. The summed E-state index contributed by atoms with van der Waals surface area (Å²) in [5.74, 6) is -5.49. The highest BCUT2D eigenvalue weighted by Gasteiger charge is 2.64. The number of nitrogens with zero attached hydrogens (tertiary/aromatic N) is 2. The van der Waals surface area contributed by atoms with Crippen LogP contribution in [-0.2, 0) is 27.2 Å². The predicted octanol–water partition coefficient (Wildman–Crippen LogP) is 1.70. The van der Waals surface area contributed by atoms with Gasteiger partial charge in [0.2, 0.25) is 5.78 Å². The van der Waals surface area contributed by atoms with Gasteiger partial charge in [-0.1, -0.05) is 6.92 Å². The number of rotatable bonds is 4. The van der Waals surface area contributed by atoms with E-state index < -0.39 is 57.9 Å². The van der Waals surface area contributed by atoms with Crippen LogP contribution in [0.2, 0.25) is 0 Å². The topological polar surface area (TPSA) is 139 Å². The smallest absolute Gasteiger partial charge is 0.202 e. The van der Waals surface area contributed by atoms with Gasteiger partial charge in [0.1, 0.15) is 22.8 Å². The molecule has 0 amide bonds. The third-order valence-electron chi connectivity index (χ3n) is 7.74. The van der Waals surface area contributed by atoms with E-state index in [1.165, 1.54) is 4.90 Å². The number of aliphatic hydroxyl groups excluding tert-OH is 2. The maximum Gasteiger partial charge on any atom is 0.202 e. The molecule has 0 saturated heterocycles. The average Bonchev–Trinajstić information content (AvgIpc) is 2.75. The average molecular weight is 485 g/mol. The molecule has 0 spiro atoms. The van der Waals surface area contributed by atoms with Crippen molar-refractivity contribution in [2.45, 2.75) is 44.8 Å². The van der Waals surface area contributed by atoms with Crippen molar-refractivity contribution in [3.8, 4) is 5.75 Å². The number of hydrogen-bond donors (Lipinski definition) is 4. The molecule has 35 heavy (non-hydrogen) atoms. The molecule has 9 nitrogen and oxygen atoms in total. The van der Waals surface area contributed by atoms with Crippen molar-refractivity contribution in [2.24, 2.45) is 11.8 Å². The number of carbonyl (C=O) groups excluding carboxylic acids is 3. The lowest BCUT2D eigenvalue weighted by molar-refractivity contribution is -0.153. The minimum absolute atomic E-state index is 0.105. The molecule has 1 saturated carbocycles. The van der Waals surface area contributed by atoms with Crippen LogP contribution in [0.15, 0.2) is 23.0 Å². The Morgan fingerprint density at radius 2 is 1.77 bits per heavy atom. The molecule has 0 aliphatic heterocycles. The number of fused-ring (bicyclic) bond motifs is 3. The highest BCUT2D eigenvalue weighted by atomic mass is 16.3. The van der Waals surface area contributed by atoms with E-state index in [0.717, 1.165) is 12.6 Å². The number of aromatic hydroxyl groups is 1. The first kappa shape index (κ1) is 24.9.